The second-order valence-corrected chi connectivity index (χ2v) is 3.20. The molecule has 1 aromatic rings. The predicted octanol–water partition coefficient (Wildman–Crippen LogP) is 2.41. The van der Waals surface area contributed by atoms with Crippen LogP contribution in [-0.4, -0.2) is 11.7 Å². The van der Waals surface area contributed by atoms with Gasteiger partial charge in [0.15, 0.2) is 0 Å². The minimum Gasteiger partial charge on any atom is -0.396 e. The van der Waals surface area contributed by atoms with Gasteiger partial charge in [-0.2, -0.15) is 0 Å². The summed E-state index contributed by atoms with van der Waals surface area (Å²) in [4.78, 5) is 0. The monoisotopic (exact) mass is 176 g/mol. The van der Waals surface area contributed by atoms with E-state index in [4.69, 9.17) is 5.11 Å². The average Bonchev–Trinajstić information content (AvgIpc) is 2.19. The topological polar surface area (TPSA) is 20.2 Å². The molecule has 0 amide bonds. The lowest BCUT2D eigenvalue weighted by atomic mass is 9.97. The van der Waals surface area contributed by atoms with Crippen molar-refractivity contribution in [3.63, 3.8) is 0 Å². The number of hydrogen-bond donors (Lipinski definition) is 1. The van der Waals surface area contributed by atoms with Gasteiger partial charge in [0.05, 0.1) is 0 Å². The van der Waals surface area contributed by atoms with E-state index < -0.39 is 0 Å². The Balaban J connectivity index is 2.51. The molecule has 0 saturated heterocycles. The molecule has 0 radical (unpaired) electrons. The molecule has 0 fully saturated rings. The fourth-order valence-corrected chi connectivity index (χ4v) is 1.39. The second-order valence-electron chi connectivity index (χ2n) is 3.20. The summed E-state index contributed by atoms with van der Waals surface area (Å²) in [6.45, 7) is 4.00. The van der Waals surface area contributed by atoms with Gasteiger partial charge in [-0.1, -0.05) is 36.4 Å². The molecule has 0 heterocycles. The molecule has 1 rings (SSSR count). The minimum atomic E-state index is 0.240. The van der Waals surface area contributed by atoms with Gasteiger partial charge < -0.3 is 5.11 Å². The maximum Gasteiger partial charge on any atom is 0.0436 e. The van der Waals surface area contributed by atoms with E-state index in [0.717, 1.165) is 12.8 Å². The van der Waals surface area contributed by atoms with Gasteiger partial charge in [-0.3, -0.25) is 0 Å². The Hall–Kier alpha value is -1.08. The number of benzene rings is 1. The van der Waals surface area contributed by atoms with E-state index in [0.29, 0.717) is 5.92 Å². The summed E-state index contributed by atoms with van der Waals surface area (Å²) < 4.78 is 0. The third-order valence-electron chi connectivity index (χ3n) is 2.17. The first-order valence-corrected chi connectivity index (χ1v) is 4.64. The van der Waals surface area contributed by atoms with Crippen molar-refractivity contribution in [2.24, 2.45) is 5.92 Å². The summed E-state index contributed by atoms with van der Waals surface area (Å²) in [5.74, 6) is 0.396. The van der Waals surface area contributed by atoms with Gasteiger partial charge in [-0.15, -0.1) is 6.58 Å². The molecular formula is C12H16O. The van der Waals surface area contributed by atoms with Crippen LogP contribution in [-0.2, 0) is 6.42 Å². The van der Waals surface area contributed by atoms with Crippen LogP contribution in [0.5, 0.6) is 0 Å². The van der Waals surface area contributed by atoms with Crippen LogP contribution in [0.1, 0.15) is 12.0 Å². The summed E-state index contributed by atoms with van der Waals surface area (Å²) in [6.07, 6.45) is 3.70. The molecule has 13 heavy (non-hydrogen) atoms. The van der Waals surface area contributed by atoms with Gasteiger partial charge in [0.2, 0.25) is 0 Å². The Morgan fingerprint density at radius 2 is 2.00 bits per heavy atom. The Bertz CT molecular complexity index is 241. The third kappa shape index (κ3) is 3.43. The molecule has 0 saturated carbocycles. The molecule has 0 aromatic heterocycles. The number of aliphatic hydroxyl groups is 1. The SMILES string of the molecule is C=CC(CCO)Cc1ccccc1. The van der Waals surface area contributed by atoms with E-state index in [-0.39, 0.29) is 6.61 Å². The second kappa shape index (κ2) is 5.55. The maximum absolute atomic E-state index is 8.80. The zero-order valence-corrected chi connectivity index (χ0v) is 7.82. The van der Waals surface area contributed by atoms with Crippen LogP contribution in [0.2, 0.25) is 0 Å². The van der Waals surface area contributed by atoms with Crippen LogP contribution >= 0.6 is 0 Å². The first kappa shape index (κ1) is 10.0. The number of allylic oxidation sites excluding steroid dienone is 1. The van der Waals surface area contributed by atoms with E-state index in [9.17, 15) is 0 Å². The molecule has 0 aliphatic heterocycles. The Labute approximate surface area is 79.7 Å². The first-order valence-electron chi connectivity index (χ1n) is 4.64. The van der Waals surface area contributed by atoms with Gasteiger partial charge in [-0.05, 0) is 24.3 Å². The molecule has 0 aliphatic rings. The molecule has 1 unspecified atom stereocenters. The number of hydrogen-bond acceptors (Lipinski definition) is 1. The molecule has 0 spiro atoms. The first-order chi connectivity index (χ1) is 6.36. The highest BCUT2D eigenvalue weighted by Gasteiger charge is 2.03. The molecular weight excluding hydrogens is 160 g/mol. The van der Waals surface area contributed by atoms with Crippen LogP contribution in [0.3, 0.4) is 0 Å². The molecule has 0 bridgehead atoms. The lowest BCUT2D eigenvalue weighted by Gasteiger charge is -2.10. The quantitative estimate of drug-likeness (QED) is 0.683. The number of rotatable bonds is 5. The van der Waals surface area contributed by atoms with Crippen LogP contribution in [0.4, 0.5) is 0 Å². The summed E-state index contributed by atoms with van der Waals surface area (Å²) in [6, 6.07) is 10.3. The summed E-state index contributed by atoms with van der Waals surface area (Å²) in [5.41, 5.74) is 1.31. The summed E-state index contributed by atoms with van der Waals surface area (Å²) in [5, 5.41) is 8.80. The van der Waals surface area contributed by atoms with E-state index in [1.807, 2.05) is 24.3 Å². The predicted molar refractivity (Wildman–Crippen MR) is 55.5 cm³/mol. The lowest BCUT2D eigenvalue weighted by molar-refractivity contribution is 0.269. The highest BCUT2D eigenvalue weighted by molar-refractivity contribution is 5.16. The summed E-state index contributed by atoms with van der Waals surface area (Å²) in [7, 11) is 0. The van der Waals surface area contributed by atoms with E-state index in [1.165, 1.54) is 5.56 Å². The Morgan fingerprint density at radius 3 is 2.54 bits per heavy atom. The van der Waals surface area contributed by atoms with Gasteiger partial charge in [-0.25, -0.2) is 0 Å². The number of aliphatic hydroxyl groups excluding tert-OH is 1. The Morgan fingerprint density at radius 1 is 1.31 bits per heavy atom. The van der Waals surface area contributed by atoms with Crippen LogP contribution in [0, 0.1) is 5.92 Å². The van der Waals surface area contributed by atoms with Crippen LogP contribution in [0.15, 0.2) is 43.0 Å². The van der Waals surface area contributed by atoms with Crippen molar-refractivity contribution >= 4 is 0 Å². The van der Waals surface area contributed by atoms with E-state index >= 15 is 0 Å². The van der Waals surface area contributed by atoms with Gasteiger partial charge in [0, 0.05) is 6.61 Å². The van der Waals surface area contributed by atoms with E-state index in [1.54, 1.807) is 0 Å². The van der Waals surface area contributed by atoms with Crippen LogP contribution < -0.4 is 0 Å². The summed E-state index contributed by atoms with van der Waals surface area (Å²) >= 11 is 0. The van der Waals surface area contributed by atoms with Crippen LogP contribution in [0.25, 0.3) is 0 Å². The Kier molecular flexibility index (Phi) is 4.27. The maximum atomic E-state index is 8.80. The minimum absolute atomic E-state index is 0.240. The van der Waals surface area contributed by atoms with Gasteiger partial charge in [0.25, 0.3) is 0 Å². The third-order valence-corrected chi connectivity index (χ3v) is 2.17. The molecule has 70 valence electrons. The molecule has 0 aliphatic carbocycles. The van der Waals surface area contributed by atoms with E-state index in [2.05, 4.69) is 18.7 Å². The van der Waals surface area contributed by atoms with Crippen molar-refractivity contribution in [3.05, 3.63) is 48.6 Å². The largest absolute Gasteiger partial charge is 0.396 e. The molecule has 1 nitrogen and oxygen atoms in total. The zero-order valence-electron chi connectivity index (χ0n) is 7.82. The van der Waals surface area contributed by atoms with Gasteiger partial charge >= 0.3 is 0 Å². The molecule has 1 atom stereocenters. The normalized spacial score (nSPS) is 12.4. The van der Waals surface area contributed by atoms with Crippen molar-refractivity contribution in [2.75, 3.05) is 6.61 Å². The lowest BCUT2D eigenvalue weighted by Crippen LogP contribution is -2.03. The highest BCUT2D eigenvalue weighted by Crippen LogP contribution is 2.12. The van der Waals surface area contributed by atoms with Crippen molar-refractivity contribution in [3.8, 4) is 0 Å². The standard InChI is InChI=1S/C12H16O/c1-2-11(8-9-13)10-12-6-4-3-5-7-12/h2-7,11,13H,1,8-10H2. The van der Waals surface area contributed by atoms with Crippen molar-refractivity contribution in [1.29, 1.82) is 0 Å². The van der Waals surface area contributed by atoms with Crippen molar-refractivity contribution < 1.29 is 5.11 Å². The van der Waals surface area contributed by atoms with Gasteiger partial charge in [0.1, 0.15) is 0 Å². The fraction of sp³-hybridized carbons (Fsp3) is 0.333. The van der Waals surface area contributed by atoms with Crippen molar-refractivity contribution in [1.82, 2.24) is 0 Å². The molecule has 1 N–H and O–H groups in total. The average molecular weight is 176 g/mol. The zero-order chi connectivity index (χ0) is 9.52. The highest BCUT2D eigenvalue weighted by atomic mass is 16.3. The smallest absolute Gasteiger partial charge is 0.0436 e. The fourth-order valence-electron chi connectivity index (χ4n) is 1.39. The van der Waals surface area contributed by atoms with Crippen molar-refractivity contribution in [2.45, 2.75) is 12.8 Å². The molecule has 1 heteroatoms. The molecule has 1 aromatic carbocycles.